The van der Waals surface area contributed by atoms with Crippen molar-refractivity contribution in [3.63, 3.8) is 0 Å². The van der Waals surface area contributed by atoms with Crippen LogP contribution in [-0.2, 0) is 11.2 Å². The number of rotatable bonds is 3. The molecule has 0 spiro atoms. The van der Waals surface area contributed by atoms with Crippen LogP contribution in [0.1, 0.15) is 28.3 Å². The first-order valence-corrected chi connectivity index (χ1v) is 6.00. The molecule has 1 aromatic heterocycles. The number of carboxylic acid groups (broad SMARTS) is 1. The number of hydrogen-bond acceptors (Lipinski definition) is 4. The fraction of sp³-hybridized carbons (Fsp3) is 0.500. The minimum absolute atomic E-state index is 0.0224. The summed E-state index contributed by atoms with van der Waals surface area (Å²) in [7, 11) is 0. The first-order chi connectivity index (χ1) is 7.66. The van der Waals surface area contributed by atoms with Crippen molar-refractivity contribution in [3.8, 4) is 0 Å². The van der Waals surface area contributed by atoms with Gasteiger partial charge in [0.05, 0.1) is 6.42 Å². The van der Waals surface area contributed by atoms with Crippen molar-refractivity contribution in [1.82, 2.24) is 9.88 Å². The summed E-state index contributed by atoms with van der Waals surface area (Å²) in [5.74, 6) is -1.00. The molecule has 0 bridgehead atoms. The van der Waals surface area contributed by atoms with Crippen molar-refractivity contribution in [2.75, 3.05) is 13.1 Å². The van der Waals surface area contributed by atoms with E-state index in [0.29, 0.717) is 5.01 Å². The summed E-state index contributed by atoms with van der Waals surface area (Å²) < 4.78 is 0. The van der Waals surface area contributed by atoms with Crippen molar-refractivity contribution in [3.05, 3.63) is 16.1 Å². The van der Waals surface area contributed by atoms with Crippen LogP contribution in [0.4, 0.5) is 0 Å². The number of amides is 1. The van der Waals surface area contributed by atoms with Crippen LogP contribution in [0.3, 0.4) is 0 Å². The van der Waals surface area contributed by atoms with Crippen LogP contribution in [-0.4, -0.2) is 40.0 Å². The maximum Gasteiger partial charge on any atom is 0.355 e. The molecule has 1 aliphatic heterocycles. The van der Waals surface area contributed by atoms with Gasteiger partial charge in [0, 0.05) is 18.5 Å². The van der Waals surface area contributed by atoms with Crippen molar-refractivity contribution in [1.29, 1.82) is 0 Å². The predicted molar refractivity (Wildman–Crippen MR) is 58.6 cm³/mol. The molecular formula is C10H12N2O3S. The van der Waals surface area contributed by atoms with Crippen LogP contribution in [0.5, 0.6) is 0 Å². The Morgan fingerprint density at radius 3 is 2.69 bits per heavy atom. The van der Waals surface area contributed by atoms with Crippen LogP contribution >= 0.6 is 11.3 Å². The Hall–Kier alpha value is -1.43. The zero-order valence-corrected chi connectivity index (χ0v) is 9.50. The van der Waals surface area contributed by atoms with E-state index in [4.69, 9.17) is 5.11 Å². The summed E-state index contributed by atoms with van der Waals surface area (Å²) in [6.07, 6.45) is 2.34. The Bertz CT molecular complexity index is 410. The molecule has 0 unspecified atom stereocenters. The second kappa shape index (κ2) is 4.61. The van der Waals surface area contributed by atoms with E-state index in [9.17, 15) is 9.59 Å². The summed E-state index contributed by atoms with van der Waals surface area (Å²) in [6, 6.07) is 0. The third-order valence-corrected chi connectivity index (χ3v) is 3.38. The number of aromatic nitrogens is 1. The molecule has 0 radical (unpaired) electrons. The topological polar surface area (TPSA) is 70.5 Å². The van der Waals surface area contributed by atoms with Gasteiger partial charge in [-0.1, -0.05) is 0 Å². The Balaban J connectivity index is 1.97. The van der Waals surface area contributed by atoms with Gasteiger partial charge in [-0.05, 0) is 12.8 Å². The van der Waals surface area contributed by atoms with Gasteiger partial charge in [-0.25, -0.2) is 9.78 Å². The highest BCUT2D eigenvalue weighted by Gasteiger charge is 2.19. The first-order valence-electron chi connectivity index (χ1n) is 5.12. The molecular weight excluding hydrogens is 228 g/mol. The Morgan fingerprint density at radius 2 is 2.12 bits per heavy atom. The Morgan fingerprint density at radius 1 is 1.44 bits per heavy atom. The molecule has 1 aliphatic rings. The number of hydrogen-bond donors (Lipinski definition) is 1. The number of nitrogens with zero attached hydrogens (tertiary/aromatic N) is 2. The molecule has 1 aromatic rings. The maximum atomic E-state index is 11.7. The van der Waals surface area contributed by atoms with E-state index in [1.807, 2.05) is 4.90 Å². The molecule has 1 N–H and O–H groups in total. The molecule has 16 heavy (non-hydrogen) atoms. The highest BCUT2D eigenvalue weighted by molar-refractivity contribution is 7.09. The van der Waals surface area contributed by atoms with Crippen LogP contribution < -0.4 is 0 Å². The molecule has 6 heteroatoms. The molecule has 0 aliphatic carbocycles. The smallest absolute Gasteiger partial charge is 0.355 e. The summed E-state index contributed by atoms with van der Waals surface area (Å²) >= 11 is 1.23. The van der Waals surface area contributed by atoms with Gasteiger partial charge < -0.3 is 10.0 Å². The van der Waals surface area contributed by atoms with E-state index >= 15 is 0 Å². The van der Waals surface area contributed by atoms with E-state index in [2.05, 4.69) is 4.98 Å². The molecule has 2 rings (SSSR count). The molecule has 1 fully saturated rings. The van der Waals surface area contributed by atoms with E-state index in [1.165, 1.54) is 16.7 Å². The van der Waals surface area contributed by atoms with Crippen molar-refractivity contribution in [2.45, 2.75) is 19.3 Å². The van der Waals surface area contributed by atoms with Crippen molar-refractivity contribution >= 4 is 23.2 Å². The summed E-state index contributed by atoms with van der Waals surface area (Å²) in [4.78, 5) is 28.0. The molecule has 2 heterocycles. The SMILES string of the molecule is O=C(O)c1csc(CC(=O)N2CCCC2)n1. The van der Waals surface area contributed by atoms with E-state index in [0.717, 1.165) is 25.9 Å². The standard InChI is InChI=1S/C10H12N2O3S/c13-9(12-3-1-2-4-12)5-8-11-7(6-16-8)10(14)15/h6H,1-5H2,(H,14,15). The summed E-state index contributed by atoms with van der Waals surface area (Å²) in [6.45, 7) is 1.63. The first kappa shape index (κ1) is 11.1. The number of carboxylic acids is 1. The van der Waals surface area contributed by atoms with E-state index in [1.54, 1.807) is 0 Å². The van der Waals surface area contributed by atoms with Gasteiger partial charge in [0.25, 0.3) is 0 Å². The molecule has 1 amide bonds. The minimum atomic E-state index is -1.05. The van der Waals surface area contributed by atoms with Gasteiger partial charge in [0.1, 0.15) is 5.01 Å². The zero-order valence-electron chi connectivity index (χ0n) is 8.68. The lowest BCUT2D eigenvalue weighted by Gasteiger charge is -2.13. The van der Waals surface area contributed by atoms with Gasteiger partial charge in [0.15, 0.2) is 5.69 Å². The third-order valence-electron chi connectivity index (χ3n) is 2.53. The lowest BCUT2D eigenvalue weighted by atomic mass is 10.4. The monoisotopic (exact) mass is 240 g/mol. The second-order valence-corrected chi connectivity index (χ2v) is 4.64. The molecule has 0 aromatic carbocycles. The fourth-order valence-electron chi connectivity index (χ4n) is 1.70. The lowest BCUT2D eigenvalue weighted by molar-refractivity contribution is -0.129. The Kier molecular flexibility index (Phi) is 3.19. The van der Waals surface area contributed by atoms with Gasteiger partial charge >= 0.3 is 5.97 Å². The largest absolute Gasteiger partial charge is 0.476 e. The van der Waals surface area contributed by atoms with Crippen LogP contribution in [0.2, 0.25) is 0 Å². The number of likely N-dealkylation sites (tertiary alicyclic amines) is 1. The Labute approximate surface area is 96.7 Å². The van der Waals surface area contributed by atoms with Crippen molar-refractivity contribution < 1.29 is 14.7 Å². The van der Waals surface area contributed by atoms with Gasteiger partial charge in [0.2, 0.25) is 5.91 Å². The third kappa shape index (κ3) is 2.38. The molecule has 1 saturated heterocycles. The highest BCUT2D eigenvalue weighted by atomic mass is 32.1. The van der Waals surface area contributed by atoms with Crippen LogP contribution in [0, 0.1) is 0 Å². The second-order valence-electron chi connectivity index (χ2n) is 3.70. The number of aromatic carboxylic acids is 1. The van der Waals surface area contributed by atoms with Gasteiger partial charge in [-0.2, -0.15) is 0 Å². The summed E-state index contributed by atoms with van der Waals surface area (Å²) in [5.41, 5.74) is 0.0224. The average molecular weight is 240 g/mol. The van der Waals surface area contributed by atoms with Gasteiger partial charge in [-0.15, -0.1) is 11.3 Å². The van der Waals surface area contributed by atoms with Gasteiger partial charge in [-0.3, -0.25) is 4.79 Å². The number of carbonyl (C=O) groups excluding carboxylic acids is 1. The number of thiazole rings is 1. The van der Waals surface area contributed by atoms with Crippen molar-refractivity contribution in [2.24, 2.45) is 0 Å². The zero-order chi connectivity index (χ0) is 11.5. The maximum absolute atomic E-state index is 11.7. The minimum Gasteiger partial charge on any atom is -0.476 e. The molecule has 0 atom stereocenters. The highest BCUT2D eigenvalue weighted by Crippen LogP contribution is 2.14. The lowest BCUT2D eigenvalue weighted by Crippen LogP contribution is -2.29. The predicted octanol–water partition coefficient (Wildman–Crippen LogP) is 1.01. The van der Waals surface area contributed by atoms with Crippen LogP contribution in [0.15, 0.2) is 5.38 Å². The molecule has 86 valence electrons. The number of carbonyl (C=O) groups is 2. The fourth-order valence-corrected chi connectivity index (χ4v) is 2.46. The van der Waals surface area contributed by atoms with E-state index < -0.39 is 5.97 Å². The molecule has 0 saturated carbocycles. The van der Waals surface area contributed by atoms with Crippen LogP contribution in [0.25, 0.3) is 0 Å². The average Bonchev–Trinajstić information content (AvgIpc) is 2.87. The normalized spacial score (nSPS) is 15.4. The summed E-state index contributed by atoms with van der Waals surface area (Å²) in [5, 5.41) is 10.7. The van der Waals surface area contributed by atoms with E-state index in [-0.39, 0.29) is 18.0 Å². The quantitative estimate of drug-likeness (QED) is 0.855. The molecule has 5 nitrogen and oxygen atoms in total.